The second-order valence-electron chi connectivity index (χ2n) is 4.59. The first-order valence-corrected chi connectivity index (χ1v) is 6.85. The van der Waals surface area contributed by atoms with Gasteiger partial charge in [-0.3, -0.25) is 4.90 Å². The van der Waals surface area contributed by atoms with Crippen molar-refractivity contribution in [3.63, 3.8) is 0 Å². The number of hydrogen-bond acceptors (Lipinski definition) is 2. The van der Waals surface area contributed by atoms with Crippen molar-refractivity contribution in [2.75, 3.05) is 0 Å². The number of rotatable bonds is 6. The lowest BCUT2D eigenvalue weighted by Gasteiger charge is -2.29. The summed E-state index contributed by atoms with van der Waals surface area (Å²) in [6.07, 6.45) is 4.82. The molecule has 0 heterocycles. The predicted molar refractivity (Wildman–Crippen MR) is 88.4 cm³/mol. The van der Waals surface area contributed by atoms with E-state index in [9.17, 15) is 0 Å². The van der Waals surface area contributed by atoms with Crippen LogP contribution >= 0.6 is 0 Å². The molecule has 1 aromatic carbocycles. The van der Waals surface area contributed by atoms with Gasteiger partial charge in [-0.2, -0.15) is 0 Å². The first-order chi connectivity index (χ1) is 9.56. The van der Waals surface area contributed by atoms with Gasteiger partial charge in [-0.25, -0.2) is 0 Å². The monoisotopic (exact) mass is 268 g/mol. The van der Waals surface area contributed by atoms with Crippen LogP contribution in [-0.2, 0) is 0 Å². The molecule has 0 amide bonds. The molecule has 0 radical (unpaired) electrons. The van der Waals surface area contributed by atoms with Crippen molar-refractivity contribution < 1.29 is 0 Å². The molecule has 0 spiro atoms. The van der Waals surface area contributed by atoms with Gasteiger partial charge in [-0.05, 0) is 37.5 Å². The minimum atomic E-state index is 0.490. The molecule has 1 rings (SSSR count). The van der Waals surface area contributed by atoms with E-state index >= 15 is 0 Å². The highest BCUT2D eigenvalue weighted by Gasteiger charge is 2.16. The Labute approximate surface area is 122 Å². The Bertz CT molecular complexity index is 536. The van der Waals surface area contributed by atoms with E-state index in [0.717, 1.165) is 23.4 Å². The molecule has 0 atom stereocenters. The highest BCUT2D eigenvalue weighted by Crippen LogP contribution is 2.28. The molecule has 20 heavy (non-hydrogen) atoms. The van der Waals surface area contributed by atoms with Gasteiger partial charge in [0, 0.05) is 5.70 Å². The van der Waals surface area contributed by atoms with E-state index in [-0.39, 0.29) is 0 Å². The second-order valence-corrected chi connectivity index (χ2v) is 4.59. The van der Waals surface area contributed by atoms with Crippen molar-refractivity contribution in [1.82, 2.24) is 4.90 Å². The van der Waals surface area contributed by atoms with Crippen molar-refractivity contribution in [1.29, 1.82) is 0 Å². The fraction of sp³-hybridized carbons (Fsp3) is 0.222. The van der Waals surface area contributed by atoms with Crippen LogP contribution < -0.4 is 5.73 Å². The topological polar surface area (TPSA) is 29.3 Å². The summed E-state index contributed by atoms with van der Waals surface area (Å²) in [7, 11) is 0. The number of benzene rings is 1. The number of allylic oxidation sites excluding steroid dienone is 3. The van der Waals surface area contributed by atoms with Crippen LogP contribution in [0, 0.1) is 0 Å². The minimum absolute atomic E-state index is 0.490. The number of nitrogens with two attached hydrogens (primary N) is 1. The maximum absolute atomic E-state index is 6.03. The van der Waals surface area contributed by atoms with Crippen molar-refractivity contribution in [3.8, 4) is 0 Å². The molecule has 2 nitrogen and oxygen atoms in total. The Hall–Kier alpha value is -2.22. The van der Waals surface area contributed by atoms with Gasteiger partial charge in [0.25, 0.3) is 0 Å². The van der Waals surface area contributed by atoms with Crippen molar-refractivity contribution in [3.05, 3.63) is 78.3 Å². The summed E-state index contributed by atoms with van der Waals surface area (Å²) < 4.78 is 0. The van der Waals surface area contributed by atoms with Gasteiger partial charge in [0.2, 0.25) is 0 Å². The lowest BCUT2D eigenvalue weighted by atomic mass is 10.1. The molecular formula is C18H24N2. The fourth-order valence-electron chi connectivity index (χ4n) is 2.11. The van der Waals surface area contributed by atoms with Gasteiger partial charge in [0.1, 0.15) is 5.82 Å². The van der Waals surface area contributed by atoms with Gasteiger partial charge in [-0.15, -0.1) is 0 Å². The molecule has 0 saturated carbocycles. The third kappa shape index (κ3) is 3.41. The lowest BCUT2D eigenvalue weighted by Crippen LogP contribution is -2.25. The second kappa shape index (κ2) is 7.39. The normalized spacial score (nSPS) is 12.7. The zero-order chi connectivity index (χ0) is 15.1. The summed E-state index contributed by atoms with van der Waals surface area (Å²) in [5, 5.41) is 0. The SMILES string of the molecule is C=C/C(=C(/C)CC)N(C(=C)N)/C(=C\C)c1ccccc1. The van der Waals surface area contributed by atoms with Crippen LogP contribution in [0.1, 0.15) is 32.8 Å². The van der Waals surface area contributed by atoms with E-state index in [1.165, 1.54) is 5.57 Å². The van der Waals surface area contributed by atoms with Crippen LogP contribution in [0.15, 0.2) is 72.7 Å². The molecule has 2 N–H and O–H groups in total. The van der Waals surface area contributed by atoms with Gasteiger partial charge in [0.15, 0.2) is 0 Å². The molecule has 0 bridgehead atoms. The van der Waals surface area contributed by atoms with Gasteiger partial charge < -0.3 is 5.73 Å². The van der Waals surface area contributed by atoms with Crippen LogP contribution in [0.3, 0.4) is 0 Å². The molecule has 2 heteroatoms. The highest BCUT2D eigenvalue weighted by atomic mass is 15.2. The summed E-state index contributed by atoms with van der Waals surface area (Å²) in [5.41, 5.74) is 10.4. The molecule has 0 aliphatic heterocycles. The molecule has 0 fully saturated rings. The quantitative estimate of drug-likeness (QED) is 0.761. The Morgan fingerprint density at radius 3 is 2.30 bits per heavy atom. The summed E-state index contributed by atoms with van der Waals surface area (Å²) in [5.74, 6) is 0.490. The lowest BCUT2D eigenvalue weighted by molar-refractivity contribution is 0.602. The Morgan fingerprint density at radius 2 is 1.90 bits per heavy atom. The molecule has 1 aromatic rings. The average molecular weight is 268 g/mol. The number of nitrogens with zero attached hydrogens (tertiary/aromatic N) is 1. The van der Waals surface area contributed by atoms with Crippen molar-refractivity contribution in [2.45, 2.75) is 27.2 Å². The molecule has 0 unspecified atom stereocenters. The first-order valence-electron chi connectivity index (χ1n) is 6.85. The Kier molecular flexibility index (Phi) is 5.85. The van der Waals surface area contributed by atoms with E-state index in [1.807, 2.05) is 42.2 Å². The molecular weight excluding hydrogens is 244 g/mol. The molecule has 0 aliphatic carbocycles. The molecule has 0 saturated heterocycles. The van der Waals surface area contributed by atoms with Crippen molar-refractivity contribution >= 4 is 5.70 Å². The minimum Gasteiger partial charge on any atom is -0.385 e. The summed E-state index contributed by atoms with van der Waals surface area (Å²) >= 11 is 0. The Balaban J connectivity index is 3.40. The average Bonchev–Trinajstić information content (AvgIpc) is 2.47. The first kappa shape index (κ1) is 15.8. The molecule has 0 aromatic heterocycles. The van der Waals surface area contributed by atoms with E-state index in [1.54, 1.807) is 0 Å². The largest absolute Gasteiger partial charge is 0.385 e. The summed E-state index contributed by atoms with van der Waals surface area (Å²) in [4.78, 5) is 1.96. The summed E-state index contributed by atoms with van der Waals surface area (Å²) in [6, 6.07) is 10.2. The van der Waals surface area contributed by atoms with E-state index in [4.69, 9.17) is 5.73 Å². The maximum atomic E-state index is 6.03. The third-order valence-electron chi connectivity index (χ3n) is 3.27. The van der Waals surface area contributed by atoms with Gasteiger partial charge in [0.05, 0.1) is 5.70 Å². The molecule has 106 valence electrons. The number of hydrogen-bond donors (Lipinski definition) is 1. The standard InChI is InChI=1S/C18H24N2/c1-6-14(4)17(7-2)20(15(5)19)18(8-3)16-12-10-9-11-13-16/h7-13H,2,5-6,19H2,1,3-4H3/b17-14+,18-8-. The summed E-state index contributed by atoms with van der Waals surface area (Å²) in [6.45, 7) is 14.0. The third-order valence-corrected chi connectivity index (χ3v) is 3.27. The van der Waals surface area contributed by atoms with Gasteiger partial charge >= 0.3 is 0 Å². The van der Waals surface area contributed by atoms with Crippen LogP contribution in [-0.4, -0.2) is 4.90 Å². The fourth-order valence-corrected chi connectivity index (χ4v) is 2.11. The molecule has 0 aliphatic rings. The highest BCUT2D eigenvalue weighted by molar-refractivity contribution is 5.67. The predicted octanol–water partition coefficient (Wildman–Crippen LogP) is 4.65. The van der Waals surface area contributed by atoms with E-state index in [2.05, 4.69) is 39.1 Å². The van der Waals surface area contributed by atoms with Crippen LogP contribution in [0.4, 0.5) is 0 Å². The van der Waals surface area contributed by atoms with E-state index in [0.29, 0.717) is 5.82 Å². The smallest absolute Gasteiger partial charge is 0.100 e. The van der Waals surface area contributed by atoms with Crippen LogP contribution in [0.2, 0.25) is 0 Å². The zero-order valence-corrected chi connectivity index (χ0v) is 12.7. The maximum Gasteiger partial charge on any atom is 0.100 e. The zero-order valence-electron chi connectivity index (χ0n) is 12.7. The van der Waals surface area contributed by atoms with Gasteiger partial charge in [-0.1, -0.05) is 56.5 Å². The van der Waals surface area contributed by atoms with Crippen molar-refractivity contribution in [2.24, 2.45) is 5.73 Å². The van der Waals surface area contributed by atoms with Crippen LogP contribution in [0.25, 0.3) is 5.70 Å². The Morgan fingerprint density at radius 1 is 1.30 bits per heavy atom. The van der Waals surface area contributed by atoms with E-state index < -0.39 is 0 Å². The van der Waals surface area contributed by atoms with Crippen LogP contribution in [0.5, 0.6) is 0 Å².